The van der Waals surface area contributed by atoms with Crippen molar-refractivity contribution in [2.75, 3.05) is 73.4 Å². The highest BCUT2D eigenvalue weighted by Crippen LogP contribution is 2.39. The minimum Gasteiger partial charge on any atom is -0.505 e. The number of benzene rings is 1. The van der Waals surface area contributed by atoms with Gasteiger partial charge in [0.05, 0.1) is 99.2 Å². The number of hydrogen-bond acceptors (Lipinski definition) is 34. The Morgan fingerprint density at radius 3 is 1.64 bits per heavy atom. The number of likely N-dealkylation sites (N-methyl/N-ethyl adjacent to an activating group) is 2. The number of amides is 2. The smallest absolute Gasteiger partial charge is 0.377 e. The second-order valence-corrected chi connectivity index (χ2v) is 29.5. The van der Waals surface area contributed by atoms with E-state index in [4.69, 9.17) is 59.8 Å². The molecule has 5 heterocycles. The summed E-state index contributed by atoms with van der Waals surface area (Å²) in [5.41, 5.74) is 1.30. The number of allylic oxidation sites excluding steroid dienone is 12. The average Bonchev–Trinajstić information content (AvgIpc) is 1.77. The van der Waals surface area contributed by atoms with E-state index in [0.717, 1.165) is 5.69 Å². The van der Waals surface area contributed by atoms with Crippen LogP contribution >= 0.6 is 0 Å². The number of hydrogen-bond donors (Lipinski definition) is 21. The number of rotatable bonds is 21. The first-order valence-electron chi connectivity index (χ1n) is 37.9. The second-order valence-electron chi connectivity index (χ2n) is 29.5. The Morgan fingerprint density at radius 1 is 0.626 bits per heavy atom. The molecule has 6 rings (SSSR count). The number of anilines is 1. The third kappa shape index (κ3) is 34.1. The number of esters is 3. The van der Waals surface area contributed by atoms with Crippen molar-refractivity contribution in [1.29, 1.82) is 0 Å². The van der Waals surface area contributed by atoms with Gasteiger partial charge in [-0.2, -0.15) is 0 Å². The Hall–Kier alpha value is -8.19. The van der Waals surface area contributed by atoms with Gasteiger partial charge in [-0.05, 0) is 97.4 Å². The van der Waals surface area contributed by atoms with E-state index >= 15 is 0 Å². The zero-order valence-corrected chi connectivity index (χ0v) is 65.9. The molecule has 0 aromatic heterocycles. The van der Waals surface area contributed by atoms with E-state index < -0.39 is 251 Å². The number of aliphatic hydroxyl groups is 18. The van der Waals surface area contributed by atoms with Gasteiger partial charge in [0.1, 0.15) is 36.3 Å². The quantitative estimate of drug-likeness (QED) is 0.0409. The Kier molecular flexibility index (Phi) is 42.9. The summed E-state index contributed by atoms with van der Waals surface area (Å²) in [5, 5.41) is 191. The number of nitrogens with one attached hydrogen (secondary N) is 3. The highest BCUT2D eigenvalue weighted by atomic mass is 16.7. The summed E-state index contributed by atoms with van der Waals surface area (Å²) in [5.74, 6) is -12.7. The van der Waals surface area contributed by atoms with Gasteiger partial charge in [-0.1, -0.05) is 98.9 Å². The van der Waals surface area contributed by atoms with Crippen LogP contribution in [0.4, 0.5) is 5.69 Å². The van der Waals surface area contributed by atoms with Crippen LogP contribution < -0.4 is 16.0 Å². The van der Waals surface area contributed by atoms with Gasteiger partial charge in [-0.25, -0.2) is 9.59 Å². The van der Waals surface area contributed by atoms with Crippen molar-refractivity contribution >= 4 is 47.0 Å². The lowest BCUT2D eigenvalue weighted by Crippen LogP contribution is -2.64. The van der Waals surface area contributed by atoms with Gasteiger partial charge in [0.25, 0.3) is 0 Å². The van der Waals surface area contributed by atoms with Crippen molar-refractivity contribution in [2.45, 2.75) is 220 Å². The summed E-state index contributed by atoms with van der Waals surface area (Å²) in [7, 11) is 8.75. The predicted molar refractivity (Wildman–Crippen MR) is 412 cm³/mol. The molecular weight excluding hydrogens is 1510 g/mol. The maximum absolute atomic E-state index is 14.0. The molecule has 0 aliphatic carbocycles. The standard InChI is InChI=1S/C67H103N5O19.2C6H8O6/c1-42-21-19-17-15-13-11-9-10-12-14-16-18-20-22-54(89-66-63(85)61(62(84)44(3)88-66)70-58(82)41-72(7)8)38-57-60(65(86)69-29-30-71(5)6)56(81)40-67(87,91-57)39-53(79)35-51(77)33-49(75)31-48(74)32-50(76)34-52(78)37-59(83)90-64(42)43(2)23-28-47(73)36-55(80)45-24-26-46(68-4)27-25-45;2*7-1-2(8)5-3(9)4(10)6(11)12-5/h9-22,24-27,42-44,47-49,51-54,56-57,60-64,66,68,73-75,77-79,81,84-85,87H,23,28-41H2,1-8H3,(H,69,86)(H,70,82);2*2,5,7-10H,1H2/b10-9+,13-11+,14-12+,17-15+,18-16+,21-19-,22-20+;;/t42-,43-,44?,47?,48?,49?,51?,52+,53?,54-,56-,57-,60+,61-,62+,63-,64-,66-,67+;2*2-,5+/m000/s1. The van der Waals surface area contributed by atoms with Crippen LogP contribution in [0, 0.1) is 17.8 Å². The Labute approximate surface area is 667 Å². The van der Waals surface area contributed by atoms with Crippen LogP contribution in [0.5, 0.6) is 0 Å². The van der Waals surface area contributed by atoms with Gasteiger partial charge in [-0.15, -0.1) is 0 Å². The van der Waals surface area contributed by atoms with Crippen LogP contribution in [0.2, 0.25) is 0 Å². The number of carbonyl (C=O) groups is 7. The number of Topliss-reactive ketones (excluding diaryl/α,β-unsaturated/α-hetero) is 2. The number of aliphatic hydroxyl groups excluding tert-OH is 17. The van der Waals surface area contributed by atoms with Crippen molar-refractivity contribution in [2.24, 2.45) is 17.8 Å². The van der Waals surface area contributed by atoms with Gasteiger partial charge < -0.3 is 146 Å². The molecule has 2 bridgehead atoms. The zero-order valence-electron chi connectivity index (χ0n) is 65.9. The molecule has 0 spiro atoms. The third-order valence-electron chi connectivity index (χ3n) is 18.9. The van der Waals surface area contributed by atoms with E-state index in [1.54, 1.807) is 129 Å². The Morgan fingerprint density at radius 2 is 1.14 bits per heavy atom. The number of cyclic esters (lactones) is 3. The van der Waals surface area contributed by atoms with Crippen molar-refractivity contribution in [3.63, 3.8) is 0 Å². The molecule has 23 atom stereocenters. The zero-order chi connectivity index (χ0) is 86.0. The number of ether oxygens (including phenoxy) is 6. The fourth-order valence-electron chi connectivity index (χ4n) is 12.9. The molecule has 5 aliphatic rings. The number of carbonyl (C=O) groups excluding carboxylic acids is 7. The summed E-state index contributed by atoms with van der Waals surface area (Å²) in [4.78, 5) is 90.9. The van der Waals surface area contributed by atoms with Crippen molar-refractivity contribution < 1.29 is 154 Å². The molecule has 6 unspecified atom stereocenters. The normalized spacial score (nSPS) is 33.0. The van der Waals surface area contributed by atoms with Crippen LogP contribution in [0.15, 0.2) is 132 Å². The second kappa shape index (κ2) is 49.8. The van der Waals surface area contributed by atoms with Crippen LogP contribution in [0.25, 0.3) is 0 Å². The third-order valence-corrected chi connectivity index (χ3v) is 18.9. The van der Waals surface area contributed by atoms with Crippen LogP contribution in [0.3, 0.4) is 0 Å². The highest BCUT2D eigenvalue weighted by Gasteiger charge is 2.52. The van der Waals surface area contributed by atoms with Crippen molar-refractivity contribution in [1.82, 2.24) is 20.4 Å². The number of fused-ring (bicyclic) bond motifs is 2. The average molecular weight is 1630 g/mol. The first-order valence-corrected chi connectivity index (χ1v) is 37.9. The predicted octanol–water partition coefficient (Wildman–Crippen LogP) is -0.757. The van der Waals surface area contributed by atoms with Crippen LogP contribution in [-0.4, -0.2) is 333 Å². The molecule has 646 valence electrons. The lowest BCUT2D eigenvalue weighted by atomic mass is 9.82. The molecule has 0 radical (unpaired) electrons. The van der Waals surface area contributed by atoms with E-state index in [2.05, 4.69) is 25.4 Å². The largest absolute Gasteiger partial charge is 0.505 e. The summed E-state index contributed by atoms with van der Waals surface area (Å²) in [6.07, 6.45) is -3.37. The molecule has 21 N–H and O–H groups in total. The number of ketones is 2. The van der Waals surface area contributed by atoms with Gasteiger partial charge in [0.15, 0.2) is 41.6 Å². The van der Waals surface area contributed by atoms with E-state index in [9.17, 15) is 84.6 Å². The molecule has 0 saturated carbocycles. The maximum Gasteiger partial charge on any atom is 0.377 e. The van der Waals surface area contributed by atoms with Gasteiger partial charge in [0, 0.05) is 75.8 Å². The highest BCUT2D eigenvalue weighted by molar-refractivity contribution is 5.96. The fourth-order valence-corrected chi connectivity index (χ4v) is 12.9. The molecular formula is C79H119N5O31. The van der Waals surface area contributed by atoms with Gasteiger partial charge in [-0.3, -0.25) is 24.0 Å². The molecule has 36 heteroatoms. The maximum atomic E-state index is 14.0. The molecule has 1 aromatic carbocycles. The van der Waals surface area contributed by atoms with Crippen LogP contribution in [0.1, 0.15) is 108 Å². The monoisotopic (exact) mass is 1630 g/mol. The minimum absolute atomic E-state index is 0.0513. The van der Waals surface area contributed by atoms with Crippen molar-refractivity contribution in [3.8, 4) is 0 Å². The molecule has 2 saturated heterocycles. The summed E-state index contributed by atoms with van der Waals surface area (Å²) in [6.45, 7) is 4.47. The Bertz CT molecular complexity index is 3480. The first kappa shape index (κ1) is 99.2. The first-order chi connectivity index (χ1) is 54.2. The van der Waals surface area contributed by atoms with Crippen molar-refractivity contribution in [3.05, 3.63) is 138 Å². The molecule has 115 heavy (non-hydrogen) atoms. The van der Waals surface area contributed by atoms with E-state index in [-0.39, 0.29) is 50.0 Å². The summed E-state index contributed by atoms with van der Waals surface area (Å²) < 4.78 is 33.3. The fraction of sp³-hybridized carbons (Fsp3) is 0.608. The lowest BCUT2D eigenvalue weighted by Gasteiger charge is -2.46. The van der Waals surface area contributed by atoms with Gasteiger partial charge in [0.2, 0.25) is 23.3 Å². The van der Waals surface area contributed by atoms with E-state index in [0.29, 0.717) is 18.5 Å². The molecule has 2 fully saturated rings. The molecule has 5 aliphatic heterocycles. The van der Waals surface area contributed by atoms with Gasteiger partial charge >= 0.3 is 17.9 Å². The molecule has 1 aromatic rings. The minimum atomic E-state index is -2.32. The molecule has 36 nitrogen and oxygen atoms in total. The van der Waals surface area contributed by atoms with Crippen LogP contribution in [-0.2, 0) is 57.2 Å². The van der Waals surface area contributed by atoms with E-state index in [1.807, 2.05) is 38.9 Å². The lowest BCUT2D eigenvalue weighted by molar-refractivity contribution is -0.307. The summed E-state index contributed by atoms with van der Waals surface area (Å²) in [6, 6.07) is 5.68. The topological polar surface area (TPSA) is 582 Å². The molecule has 2 amide bonds. The SMILES string of the molecule is CNc1ccc(C(=O)CC(O)CC[C@H](C)[C@H]2OC(=O)C[C@H](O)CC(=O)CC(O)CC(O)CC(O)CC(O)C[C@]3(O)C[C@H](O)[C@@H](C(=O)NCCN(C)C)[C@H](C[C@@H](O[C@@H]4OC(C)[C@@H](O)[C@H](NC(=O)CN(C)C)[C@@H]4O)/C=C/C=C/C=C/C=C/C=C/C=C/C=C\[C@@H]2C)O3)cc1.O=C1O[C@H]([C@@H](O)CO)C(O)=C1O.O=C1O[C@H]([C@@H](O)CO)C(O)=C1O. The summed E-state index contributed by atoms with van der Waals surface area (Å²) >= 11 is 0. The Balaban J connectivity index is 0.000000979. The van der Waals surface area contributed by atoms with E-state index in [1.165, 1.54) is 6.92 Å². The number of nitrogens with zero attached hydrogens (tertiary/aromatic N) is 2.